The number of nitrogens with one attached hydrogen (secondary N) is 12. The predicted molar refractivity (Wildman–Crippen MR) is 456 cm³/mol. The minimum absolute atomic E-state index is 0.00273. The van der Waals surface area contributed by atoms with Gasteiger partial charge in [-0.1, -0.05) is 53.7 Å². The Morgan fingerprint density at radius 2 is 0.758 bits per heavy atom. The molecule has 30 N–H and O–H groups in total. The lowest BCUT2D eigenvalue weighted by Gasteiger charge is -2.35. The summed E-state index contributed by atoms with van der Waals surface area (Å²) in [5, 5.41) is 112. The summed E-state index contributed by atoms with van der Waals surface area (Å²) in [7, 11) is 0. The van der Waals surface area contributed by atoms with Crippen LogP contribution in [0.5, 0.6) is 5.75 Å². The van der Waals surface area contributed by atoms with Crippen molar-refractivity contribution in [3.05, 3.63) is 29.8 Å². The van der Waals surface area contributed by atoms with Crippen LogP contribution in [0.3, 0.4) is 0 Å². The summed E-state index contributed by atoms with van der Waals surface area (Å²) < 4.78 is 0. The molecule has 4 heterocycles. The second-order valence-corrected chi connectivity index (χ2v) is 33.4. The van der Waals surface area contributed by atoms with Crippen LogP contribution in [-0.4, -0.2) is 354 Å². The number of nitrogens with zero attached hydrogens (tertiary/aromatic N) is 6. The Morgan fingerprint density at radius 1 is 0.414 bits per heavy atom. The van der Waals surface area contributed by atoms with Crippen LogP contribution in [0.25, 0.3) is 0 Å². The molecule has 0 bridgehead atoms. The molecule has 4 fully saturated rings. The molecule has 0 radical (unpaired) electrons. The van der Waals surface area contributed by atoms with E-state index in [1.54, 1.807) is 27.7 Å². The molecule has 4 aliphatic rings. The number of carbonyl (C=O) groups excluding carboxylic acids is 16. The summed E-state index contributed by atoms with van der Waals surface area (Å²) >= 11 is 0. The van der Waals surface area contributed by atoms with Crippen LogP contribution in [0.4, 0.5) is 0 Å². The Balaban J connectivity index is 1.23. The quantitative estimate of drug-likeness (QED) is 0.0164. The molecule has 5 rings (SSSR count). The summed E-state index contributed by atoms with van der Waals surface area (Å²) in [6.45, 7) is 7.60. The predicted octanol–water partition coefficient (Wildman–Crippen LogP) is -10.7. The molecule has 0 saturated carbocycles. The molecule has 18 atom stereocenters. The van der Waals surface area contributed by atoms with Gasteiger partial charge < -0.3 is 153 Å². The van der Waals surface area contributed by atoms with Crippen molar-refractivity contribution in [3.63, 3.8) is 0 Å². The number of aliphatic hydroxyl groups excluding tert-OH is 6. The maximum atomic E-state index is 14.7. The zero-order valence-corrected chi connectivity index (χ0v) is 73.4. The van der Waals surface area contributed by atoms with Gasteiger partial charge in [0.05, 0.1) is 51.2 Å². The maximum Gasteiger partial charge on any atom is 0.326 e. The highest BCUT2D eigenvalue weighted by molar-refractivity contribution is 6.02. The van der Waals surface area contributed by atoms with Gasteiger partial charge in [0.25, 0.3) is 0 Å². The molecule has 0 aliphatic carbocycles. The summed E-state index contributed by atoms with van der Waals surface area (Å²) in [4.78, 5) is 249. The number of hydrogen-bond acceptors (Lipinski definition) is 27. The molecule has 0 unspecified atom stereocenters. The van der Waals surface area contributed by atoms with Gasteiger partial charge in [-0.05, 0) is 139 Å². The van der Waals surface area contributed by atoms with Crippen molar-refractivity contribution in [2.45, 2.75) is 261 Å². The van der Waals surface area contributed by atoms with Crippen LogP contribution in [0, 0.1) is 17.8 Å². The van der Waals surface area contributed by atoms with E-state index in [2.05, 4.69) is 73.8 Å². The maximum absolute atomic E-state index is 14.7. The number of benzene rings is 1. The molecule has 4 saturated heterocycles. The summed E-state index contributed by atoms with van der Waals surface area (Å²) in [6.07, 6.45) is -2.19. The smallest absolute Gasteiger partial charge is 0.326 e. The standard InChI is InChI=1S/C80H131N23O25/c1-39(2)31-48(64(113)95-54(38-107)69(118)96-51(35-104)66(115)90-46(15-9-25-86-79(82)83)63(112)94-53(37-106)68(117)97-52(36-105)67(116)91-47(78(127)128)16-10-26-87-80(84)85)92-65(114)49(33-44-21-23-45(110)24-22-44)89-59(111)34-88-70(119)55-17-11-28-101(55)75(124)58-20-14-30-103(58)77(126)62(43(8)109)99-72(121)57-19-13-29-102(57)76(125)61(42(7)108)98-71(120)56-18-12-27-100(56)74(123)50(32-40(3)4)93-73(122)60(81)41(5)6/h21-24,39-43,46-58,60-62,104-110H,9-20,25-38,81H2,1-8H3,(H,88,119)(H,89,111)(H,90,115)(H,91,116)(H,92,114)(H,93,122)(H,94,112)(H,95,113)(H,96,118)(H,97,117)(H,98,120)(H,99,121)(H,127,128)(H4,82,83,86)(H4,84,85,87)/t42-,43-,46+,47+,48+,49+,50+,51+,52+,53+,54+,55+,56+,57+,58+,60+,61+,62+/m1/s1. The Morgan fingerprint density at radius 3 is 1.16 bits per heavy atom. The molecular weight excluding hydrogens is 1680 g/mol. The molecule has 48 heteroatoms. The van der Waals surface area contributed by atoms with Crippen molar-refractivity contribution in [3.8, 4) is 5.75 Å². The van der Waals surface area contributed by atoms with Gasteiger partial charge in [0.2, 0.25) is 94.5 Å². The number of aromatic hydroxyl groups is 1. The number of aliphatic carboxylic acids is 1. The van der Waals surface area contributed by atoms with E-state index in [0.717, 1.165) is 4.90 Å². The third-order valence-electron chi connectivity index (χ3n) is 22.0. The topological polar surface area (TPSA) is 764 Å². The molecule has 16 amide bonds. The average Bonchev–Trinajstić information content (AvgIpc) is 1.63. The Labute approximate surface area is 740 Å². The molecular formula is C80H131N23O25. The van der Waals surface area contributed by atoms with Crippen LogP contribution in [0.2, 0.25) is 0 Å². The van der Waals surface area contributed by atoms with Crippen molar-refractivity contribution in [2.24, 2.45) is 56.4 Å². The molecule has 48 nitrogen and oxygen atoms in total. The third-order valence-corrected chi connectivity index (χ3v) is 22.0. The number of amides is 16. The number of likely N-dealkylation sites (tertiary alicyclic amines) is 4. The number of aliphatic imine (C=N–C) groups is 2. The minimum Gasteiger partial charge on any atom is -0.508 e. The Hall–Kier alpha value is -11.7. The van der Waals surface area contributed by atoms with Gasteiger partial charge in [0.15, 0.2) is 11.9 Å². The number of phenols is 1. The van der Waals surface area contributed by atoms with Gasteiger partial charge in [-0.3, -0.25) is 86.7 Å². The van der Waals surface area contributed by atoms with E-state index in [9.17, 15) is 122 Å². The number of guanidine groups is 2. The van der Waals surface area contributed by atoms with Gasteiger partial charge in [-0.2, -0.15) is 0 Å². The highest BCUT2D eigenvalue weighted by atomic mass is 16.4. The van der Waals surface area contributed by atoms with Gasteiger partial charge in [0, 0.05) is 45.7 Å². The lowest BCUT2D eigenvalue weighted by atomic mass is 9.99. The number of aliphatic hydroxyl groups is 6. The Bertz CT molecular complexity index is 4070. The third kappa shape index (κ3) is 32.2. The van der Waals surface area contributed by atoms with Crippen LogP contribution >= 0.6 is 0 Å². The minimum atomic E-state index is -1.97. The van der Waals surface area contributed by atoms with Gasteiger partial charge in [-0.15, -0.1) is 0 Å². The van der Waals surface area contributed by atoms with E-state index in [1.807, 2.05) is 13.8 Å². The van der Waals surface area contributed by atoms with E-state index in [4.69, 9.17) is 28.7 Å². The van der Waals surface area contributed by atoms with E-state index in [-0.39, 0.29) is 152 Å². The normalized spacial score (nSPS) is 19.4. The van der Waals surface area contributed by atoms with Crippen LogP contribution in [0.15, 0.2) is 34.3 Å². The highest BCUT2D eigenvalue weighted by Crippen LogP contribution is 2.28. The first-order valence-corrected chi connectivity index (χ1v) is 42.9. The summed E-state index contributed by atoms with van der Waals surface area (Å²) in [5.74, 6) is -18.2. The number of rotatable bonds is 50. The van der Waals surface area contributed by atoms with E-state index in [0.29, 0.717) is 18.4 Å². The summed E-state index contributed by atoms with van der Waals surface area (Å²) in [6, 6.07) is -18.6. The van der Waals surface area contributed by atoms with E-state index < -0.39 is 248 Å². The zero-order valence-electron chi connectivity index (χ0n) is 73.4. The number of carboxylic acid groups (broad SMARTS) is 1. The largest absolute Gasteiger partial charge is 0.508 e. The van der Waals surface area contributed by atoms with Crippen LogP contribution in [0.1, 0.15) is 151 Å². The first-order chi connectivity index (χ1) is 60.4. The monoisotopic (exact) mass is 1810 g/mol. The first-order valence-electron chi connectivity index (χ1n) is 42.9. The highest BCUT2D eigenvalue weighted by Gasteiger charge is 2.48. The fourth-order valence-electron chi connectivity index (χ4n) is 15.0. The van der Waals surface area contributed by atoms with Crippen molar-refractivity contribution >= 4 is 112 Å². The second kappa shape index (κ2) is 51.9. The fourth-order valence-corrected chi connectivity index (χ4v) is 15.0. The molecule has 4 aliphatic heterocycles. The van der Waals surface area contributed by atoms with Gasteiger partial charge in [-0.25, -0.2) is 4.79 Å². The van der Waals surface area contributed by atoms with Gasteiger partial charge >= 0.3 is 5.97 Å². The first kappa shape index (κ1) is 107. The van der Waals surface area contributed by atoms with Crippen molar-refractivity contribution in [2.75, 3.05) is 72.2 Å². The number of hydrogen-bond donors (Lipinski definition) is 25. The van der Waals surface area contributed by atoms with Crippen LogP contribution < -0.4 is 92.5 Å². The molecule has 1 aromatic carbocycles. The zero-order chi connectivity index (χ0) is 95.7. The lowest BCUT2D eigenvalue weighted by Crippen LogP contribution is -2.62. The fraction of sp³-hybridized carbons (Fsp3) is 0.688. The number of nitrogens with two attached hydrogens (primary N) is 5. The molecule has 716 valence electrons. The van der Waals surface area contributed by atoms with Crippen molar-refractivity contribution < 1.29 is 122 Å². The lowest BCUT2D eigenvalue weighted by molar-refractivity contribution is -0.150. The number of carboxylic acids is 1. The van der Waals surface area contributed by atoms with Crippen molar-refractivity contribution in [1.29, 1.82) is 0 Å². The molecule has 1 aromatic rings. The Kier molecular flexibility index (Phi) is 43.3. The second-order valence-electron chi connectivity index (χ2n) is 33.4. The molecule has 0 aromatic heterocycles. The SMILES string of the molecule is CC(C)C[C@H](NC(=O)[C@H](Cc1ccc(O)cc1)NC(=O)CNC(=O)[C@@H]1CCCN1C(=O)[C@@H]1CCCN1C(=O)[C@@H](NC(=O)[C@@H]1CCCN1C(=O)[C@@H](NC(=O)[C@@H]1CCCN1C(=O)[C@H](CC(C)C)NC(=O)[C@@H](N)C(C)C)[C@@H](C)O)[C@@H](C)O)C(=O)N[C@@H](CO)C(=O)N[C@@H](CO)C(=O)N[C@@H](CCCN=C(N)N)C(=O)N[C@@H](CO)C(=O)N[C@@H](CO)C(=O)N[C@@H](CCCN=C(N)N)C(=O)O. The van der Waals surface area contributed by atoms with E-state index >= 15 is 0 Å². The average molecular weight is 1820 g/mol. The molecule has 128 heavy (non-hydrogen) atoms. The van der Waals surface area contributed by atoms with Crippen LogP contribution in [-0.2, 0) is 87.9 Å². The van der Waals surface area contributed by atoms with Crippen molar-refractivity contribution in [1.82, 2.24) is 83.4 Å². The summed E-state index contributed by atoms with van der Waals surface area (Å²) in [5.41, 5.74) is 27.9. The molecule has 0 spiro atoms. The van der Waals surface area contributed by atoms with Gasteiger partial charge in [0.1, 0.15) is 96.4 Å². The number of phenolic OH excluding ortho intramolecular Hbond substituents is 1. The van der Waals surface area contributed by atoms with E-state index in [1.165, 1.54) is 52.8 Å². The number of carbonyl (C=O) groups is 17.